The number of hydrogen-bond acceptors (Lipinski definition) is 7. The zero-order valence-electron chi connectivity index (χ0n) is 20.2. The fourth-order valence-corrected chi connectivity index (χ4v) is 3.57. The first-order chi connectivity index (χ1) is 16.6. The predicted octanol–water partition coefficient (Wildman–Crippen LogP) is 3.20. The molecule has 0 bridgehead atoms. The fraction of sp³-hybridized carbons (Fsp3) is 0.667. The molecule has 8 nitrogen and oxygen atoms in total. The molecule has 0 radical (unpaired) electrons. The molecule has 1 saturated heterocycles. The van der Waals surface area contributed by atoms with Crippen LogP contribution in [0, 0.1) is 17.8 Å². The van der Waals surface area contributed by atoms with Crippen LogP contribution in [0.4, 0.5) is 13.2 Å². The second kappa shape index (κ2) is 14.4. The lowest BCUT2D eigenvalue weighted by Gasteiger charge is -2.43. The molecular weight excluding hydrogens is 471 g/mol. The summed E-state index contributed by atoms with van der Waals surface area (Å²) in [4.78, 5) is 22.9. The average molecular weight is 506 g/mol. The molecule has 1 aliphatic rings. The maximum Gasteiger partial charge on any atom is 0.471 e. The highest BCUT2D eigenvalue weighted by molar-refractivity contribution is 5.89. The summed E-state index contributed by atoms with van der Waals surface area (Å²) in [6, 6.07) is 8.77. The van der Waals surface area contributed by atoms with Crippen LogP contribution in [0.15, 0.2) is 30.3 Å². The van der Waals surface area contributed by atoms with Crippen LogP contribution >= 0.6 is 0 Å². The Balaban J connectivity index is 1.61. The van der Waals surface area contributed by atoms with Gasteiger partial charge in [-0.15, -0.1) is 0 Å². The Kier molecular flexibility index (Phi) is 11.9. The van der Waals surface area contributed by atoms with E-state index in [1.807, 2.05) is 13.0 Å². The Bertz CT molecular complexity index is 778. The van der Waals surface area contributed by atoms with Crippen molar-refractivity contribution in [1.29, 1.82) is 0 Å². The molecule has 0 spiro atoms. The number of halogens is 3. The number of nitrogens with one attached hydrogen (secondary N) is 1. The van der Waals surface area contributed by atoms with Crippen LogP contribution in [0.5, 0.6) is 0 Å². The van der Waals surface area contributed by atoms with E-state index in [0.717, 1.165) is 0 Å². The van der Waals surface area contributed by atoms with Crippen molar-refractivity contribution in [3.05, 3.63) is 35.9 Å². The van der Waals surface area contributed by atoms with Crippen LogP contribution in [-0.2, 0) is 28.5 Å². The minimum absolute atomic E-state index is 0.0542. The van der Waals surface area contributed by atoms with E-state index in [2.05, 4.69) is 13.8 Å². The zero-order chi connectivity index (χ0) is 25.8. The third-order valence-electron chi connectivity index (χ3n) is 6.04. The number of carbonyl (C=O) groups is 2. The lowest BCUT2D eigenvalue weighted by Crippen LogP contribution is -2.48. The van der Waals surface area contributed by atoms with Gasteiger partial charge in [-0.1, -0.05) is 39.0 Å². The summed E-state index contributed by atoms with van der Waals surface area (Å²) in [6.07, 6.45) is -5.67. The zero-order valence-corrected chi connectivity index (χ0v) is 20.2. The van der Waals surface area contributed by atoms with Crippen LogP contribution in [0.1, 0.15) is 31.1 Å². The standard InChI is InChI=1S/C24H34F3NO7/c1-16-17(2)20(15-34-21(29)19-7-5-4-6-8-19)35-22(18(16)3)33-14-13-32-12-11-31-10-9-28-23(30)24(25,26)27/h4-8,16-18,20,22H,9-15H2,1-3H3,(H,28,30)/t16-,17+,18?,20?,22+/m0/s1. The Morgan fingerprint density at radius 1 is 0.914 bits per heavy atom. The summed E-state index contributed by atoms with van der Waals surface area (Å²) in [5.74, 6) is -1.82. The molecule has 2 rings (SSSR count). The largest absolute Gasteiger partial charge is 0.471 e. The van der Waals surface area contributed by atoms with Gasteiger partial charge in [-0.05, 0) is 24.0 Å². The van der Waals surface area contributed by atoms with Crippen LogP contribution < -0.4 is 5.32 Å². The topological polar surface area (TPSA) is 92.3 Å². The maximum absolute atomic E-state index is 12.2. The van der Waals surface area contributed by atoms with Crippen molar-refractivity contribution >= 4 is 11.9 Å². The van der Waals surface area contributed by atoms with Crippen molar-refractivity contribution in [1.82, 2.24) is 5.32 Å². The fourth-order valence-electron chi connectivity index (χ4n) is 3.57. The molecule has 0 saturated carbocycles. The molecule has 0 aliphatic carbocycles. The second-order valence-corrected chi connectivity index (χ2v) is 8.43. The number of carbonyl (C=O) groups excluding carboxylic acids is 2. The molecule has 1 fully saturated rings. The first-order valence-corrected chi connectivity index (χ1v) is 11.6. The molecule has 1 aliphatic heterocycles. The number of rotatable bonds is 13. The molecule has 1 amide bonds. The maximum atomic E-state index is 12.2. The van der Waals surface area contributed by atoms with Crippen molar-refractivity contribution in [3.63, 3.8) is 0 Å². The SMILES string of the molecule is CC1[C@H](OCCOCCOCCNC(=O)C(F)(F)F)OC(COC(=O)c2ccccc2)[C@H](C)[C@@H]1C. The van der Waals surface area contributed by atoms with Gasteiger partial charge in [-0.3, -0.25) is 4.79 Å². The van der Waals surface area contributed by atoms with E-state index in [0.29, 0.717) is 5.56 Å². The number of hydrogen-bond donors (Lipinski definition) is 1. The lowest BCUT2D eigenvalue weighted by atomic mass is 9.79. The Morgan fingerprint density at radius 2 is 1.54 bits per heavy atom. The van der Waals surface area contributed by atoms with Crippen molar-refractivity contribution < 1.29 is 46.4 Å². The third-order valence-corrected chi connectivity index (χ3v) is 6.04. The molecule has 35 heavy (non-hydrogen) atoms. The summed E-state index contributed by atoms with van der Waals surface area (Å²) >= 11 is 0. The minimum Gasteiger partial charge on any atom is -0.459 e. The molecule has 0 aromatic heterocycles. The number of benzene rings is 1. The Hall–Kier alpha value is -2.21. The first-order valence-electron chi connectivity index (χ1n) is 11.6. The van der Waals surface area contributed by atoms with Gasteiger partial charge in [0.1, 0.15) is 6.61 Å². The molecular formula is C24H34F3NO7. The molecule has 1 N–H and O–H groups in total. The van der Waals surface area contributed by atoms with Gasteiger partial charge in [0, 0.05) is 12.5 Å². The summed E-state index contributed by atoms with van der Waals surface area (Å²) in [5.41, 5.74) is 0.484. The third kappa shape index (κ3) is 9.75. The quantitative estimate of drug-likeness (QED) is 0.325. The molecule has 1 aromatic carbocycles. The van der Waals surface area contributed by atoms with Crippen molar-refractivity contribution in [3.8, 4) is 0 Å². The van der Waals surface area contributed by atoms with E-state index in [4.69, 9.17) is 23.7 Å². The van der Waals surface area contributed by atoms with E-state index >= 15 is 0 Å². The van der Waals surface area contributed by atoms with Gasteiger partial charge in [0.25, 0.3) is 0 Å². The summed E-state index contributed by atoms with van der Waals surface area (Å²) in [5, 5.41) is 1.72. The molecule has 1 aromatic rings. The van der Waals surface area contributed by atoms with Gasteiger partial charge in [-0.2, -0.15) is 13.2 Å². The highest BCUT2D eigenvalue weighted by atomic mass is 19.4. The molecule has 2 unspecified atom stereocenters. The van der Waals surface area contributed by atoms with E-state index in [1.165, 1.54) is 0 Å². The van der Waals surface area contributed by atoms with E-state index in [9.17, 15) is 22.8 Å². The number of ether oxygens (including phenoxy) is 5. The first kappa shape index (κ1) is 29.0. The van der Waals surface area contributed by atoms with Crippen LogP contribution in [0.2, 0.25) is 0 Å². The number of esters is 1. The van der Waals surface area contributed by atoms with Crippen LogP contribution in [-0.4, -0.2) is 76.6 Å². The van der Waals surface area contributed by atoms with Crippen LogP contribution in [0.25, 0.3) is 0 Å². The monoisotopic (exact) mass is 505 g/mol. The lowest BCUT2D eigenvalue weighted by molar-refractivity contribution is -0.256. The van der Waals surface area contributed by atoms with Gasteiger partial charge in [0.15, 0.2) is 6.29 Å². The number of amides is 1. The smallest absolute Gasteiger partial charge is 0.459 e. The van der Waals surface area contributed by atoms with Crippen molar-refractivity contribution in [2.24, 2.45) is 17.8 Å². The average Bonchev–Trinajstić information content (AvgIpc) is 2.83. The highest BCUT2D eigenvalue weighted by Crippen LogP contribution is 2.35. The van der Waals surface area contributed by atoms with E-state index in [1.54, 1.807) is 29.6 Å². The van der Waals surface area contributed by atoms with E-state index in [-0.39, 0.29) is 70.0 Å². The molecule has 1 heterocycles. The van der Waals surface area contributed by atoms with Gasteiger partial charge in [0.2, 0.25) is 0 Å². The molecule has 198 valence electrons. The van der Waals surface area contributed by atoms with Crippen LogP contribution in [0.3, 0.4) is 0 Å². The number of alkyl halides is 3. The van der Waals surface area contributed by atoms with E-state index < -0.39 is 24.3 Å². The molecule has 11 heteroatoms. The Morgan fingerprint density at radius 3 is 2.20 bits per heavy atom. The highest BCUT2D eigenvalue weighted by Gasteiger charge is 2.40. The minimum atomic E-state index is -4.90. The van der Waals surface area contributed by atoms with Crippen molar-refractivity contribution in [2.75, 3.05) is 46.2 Å². The Labute approximate surface area is 203 Å². The van der Waals surface area contributed by atoms with Gasteiger partial charge in [0.05, 0.1) is 44.7 Å². The summed E-state index contributed by atoms with van der Waals surface area (Å²) in [7, 11) is 0. The molecule has 5 atom stereocenters. The second-order valence-electron chi connectivity index (χ2n) is 8.43. The van der Waals surface area contributed by atoms with Gasteiger partial charge < -0.3 is 29.0 Å². The normalized spacial score (nSPS) is 24.7. The van der Waals surface area contributed by atoms with Gasteiger partial charge in [-0.25, -0.2) is 4.79 Å². The van der Waals surface area contributed by atoms with Crippen molar-refractivity contribution in [2.45, 2.75) is 39.3 Å². The predicted molar refractivity (Wildman–Crippen MR) is 120 cm³/mol. The summed E-state index contributed by atoms with van der Waals surface area (Å²) < 4.78 is 64.0. The summed E-state index contributed by atoms with van der Waals surface area (Å²) in [6.45, 7) is 7.00. The van der Waals surface area contributed by atoms with Gasteiger partial charge >= 0.3 is 18.1 Å².